The van der Waals surface area contributed by atoms with E-state index in [0.29, 0.717) is 5.88 Å². The third-order valence-electron chi connectivity index (χ3n) is 3.37. The molecular formula is C15H16N4O2. The molecule has 1 atom stereocenters. The van der Waals surface area contributed by atoms with Gasteiger partial charge < -0.3 is 20.0 Å². The molecule has 0 bridgehead atoms. The molecule has 0 aliphatic carbocycles. The van der Waals surface area contributed by atoms with Gasteiger partial charge >= 0.3 is 5.69 Å². The first-order valence-electron chi connectivity index (χ1n) is 6.64. The van der Waals surface area contributed by atoms with Gasteiger partial charge in [0, 0.05) is 12.1 Å². The quantitative estimate of drug-likeness (QED) is 0.687. The molecule has 3 aromatic rings. The fraction of sp³-hybridized carbons (Fsp3) is 0.200. The van der Waals surface area contributed by atoms with Crippen LogP contribution in [0, 0.1) is 0 Å². The zero-order chi connectivity index (χ0) is 14.8. The summed E-state index contributed by atoms with van der Waals surface area (Å²) >= 11 is 0. The van der Waals surface area contributed by atoms with Gasteiger partial charge in [-0.25, -0.2) is 9.78 Å². The molecule has 6 heteroatoms. The molecule has 0 saturated heterocycles. The second-order valence-electron chi connectivity index (χ2n) is 4.84. The van der Waals surface area contributed by atoms with Crippen LogP contribution in [0.2, 0.25) is 0 Å². The third-order valence-corrected chi connectivity index (χ3v) is 3.37. The number of imidazole rings is 1. The van der Waals surface area contributed by atoms with Crippen LogP contribution in [0.25, 0.3) is 11.0 Å². The van der Waals surface area contributed by atoms with Gasteiger partial charge in [-0.2, -0.15) is 0 Å². The second-order valence-corrected chi connectivity index (χ2v) is 4.84. The number of ether oxygens (including phenoxy) is 1. The lowest BCUT2D eigenvalue weighted by molar-refractivity contribution is 0.398. The normalized spacial score (nSPS) is 12.3. The Kier molecular flexibility index (Phi) is 3.35. The van der Waals surface area contributed by atoms with E-state index < -0.39 is 0 Å². The number of aromatic nitrogens is 3. The molecule has 3 rings (SSSR count). The lowest BCUT2D eigenvalue weighted by Gasteiger charge is -2.15. The number of methoxy groups -OCH3 is 1. The summed E-state index contributed by atoms with van der Waals surface area (Å²) in [6.07, 6.45) is 1.73. The van der Waals surface area contributed by atoms with E-state index in [9.17, 15) is 4.79 Å². The summed E-state index contributed by atoms with van der Waals surface area (Å²) in [4.78, 5) is 20.9. The van der Waals surface area contributed by atoms with Gasteiger partial charge in [0.1, 0.15) is 0 Å². The molecule has 6 nitrogen and oxygen atoms in total. The van der Waals surface area contributed by atoms with Crippen LogP contribution in [0.3, 0.4) is 0 Å². The topological polar surface area (TPSA) is 82.8 Å². The summed E-state index contributed by atoms with van der Waals surface area (Å²) in [6.45, 7) is 2.05. The second kappa shape index (κ2) is 5.32. The molecule has 2 heterocycles. The maximum absolute atomic E-state index is 11.3. The van der Waals surface area contributed by atoms with Crippen molar-refractivity contribution < 1.29 is 4.74 Å². The number of pyridine rings is 1. The van der Waals surface area contributed by atoms with Gasteiger partial charge in [-0.15, -0.1) is 0 Å². The number of benzene rings is 1. The number of hydrogen-bond acceptors (Lipinski definition) is 4. The molecule has 0 radical (unpaired) electrons. The Hall–Kier alpha value is -2.76. The van der Waals surface area contributed by atoms with Crippen molar-refractivity contribution in [2.75, 3.05) is 12.4 Å². The molecule has 2 aromatic heterocycles. The highest BCUT2D eigenvalue weighted by molar-refractivity contribution is 5.75. The zero-order valence-corrected chi connectivity index (χ0v) is 11.8. The average molecular weight is 284 g/mol. The van der Waals surface area contributed by atoms with Crippen molar-refractivity contribution in [2.45, 2.75) is 13.0 Å². The summed E-state index contributed by atoms with van der Waals surface area (Å²) in [5, 5.41) is 3.36. The minimum absolute atomic E-state index is 0.0861. The SMILES string of the molecule is COc1ccc(NC(C)c2ccc3[nH]c(=O)[nH]c3c2)cn1. The van der Waals surface area contributed by atoms with Gasteiger partial charge in [-0.3, -0.25) is 0 Å². The average Bonchev–Trinajstić information content (AvgIpc) is 2.87. The summed E-state index contributed by atoms with van der Waals surface area (Å²) in [5.41, 5.74) is 3.41. The molecule has 0 aliphatic heterocycles. The fourth-order valence-electron chi connectivity index (χ4n) is 2.24. The van der Waals surface area contributed by atoms with Gasteiger partial charge in [0.15, 0.2) is 0 Å². The maximum Gasteiger partial charge on any atom is 0.323 e. The molecular weight excluding hydrogens is 268 g/mol. The van der Waals surface area contributed by atoms with Crippen LogP contribution in [-0.4, -0.2) is 22.1 Å². The molecule has 0 spiro atoms. The summed E-state index contributed by atoms with van der Waals surface area (Å²) < 4.78 is 5.03. The Morgan fingerprint density at radius 2 is 2.00 bits per heavy atom. The van der Waals surface area contributed by atoms with E-state index in [1.165, 1.54) is 0 Å². The van der Waals surface area contributed by atoms with Crippen molar-refractivity contribution in [3.63, 3.8) is 0 Å². The van der Waals surface area contributed by atoms with E-state index in [-0.39, 0.29) is 11.7 Å². The largest absolute Gasteiger partial charge is 0.481 e. The van der Waals surface area contributed by atoms with Gasteiger partial charge in [0.2, 0.25) is 5.88 Å². The number of fused-ring (bicyclic) bond motifs is 1. The maximum atomic E-state index is 11.3. The predicted molar refractivity (Wildman–Crippen MR) is 81.7 cm³/mol. The van der Waals surface area contributed by atoms with E-state index in [0.717, 1.165) is 22.3 Å². The van der Waals surface area contributed by atoms with Gasteiger partial charge in [-0.1, -0.05) is 6.07 Å². The fourth-order valence-corrected chi connectivity index (χ4v) is 2.24. The highest BCUT2D eigenvalue weighted by Gasteiger charge is 2.08. The minimum atomic E-state index is -0.192. The highest BCUT2D eigenvalue weighted by Crippen LogP contribution is 2.22. The first-order valence-corrected chi connectivity index (χ1v) is 6.64. The smallest absolute Gasteiger partial charge is 0.323 e. The Bertz CT molecular complexity index is 804. The van der Waals surface area contributed by atoms with Crippen molar-refractivity contribution in [1.82, 2.24) is 15.0 Å². The summed E-state index contributed by atoms with van der Waals surface area (Å²) in [5.74, 6) is 0.583. The Morgan fingerprint density at radius 1 is 1.19 bits per heavy atom. The van der Waals surface area contributed by atoms with Gasteiger partial charge in [0.05, 0.1) is 30.0 Å². The monoisotopic (exact) mass is 284 g/mol. The molecule has 0 aliphatic rings. The number of anilines is 1. The molecule has 1 unspecified atom stereocenters. The molecule has 3 N–H and O–H groups in total. The van der Waals surface area contributed by atoms with Crippen LogP contribution in [0.1, 0.15) is 18.5 Å². The number of nitrogens with zero attached hydrogens (tertiary/aromatic N) is 1. The first-order chi connectivity index (χ1) is 10.2. The predicted octanol–water partition coefficient (Wildman–Crippen LogP) is 2.43. The van der Waals surface area contributed by atoms with Crippen LogP contribution < -0.4 is 15.7 Å². The lowest BCUT2D eigenvalue weighted by Crippen LogP contribution is -2.06. The van der Waals surface area contributed by atoms with E-state index in [2.05, 4.69) is 27.2 Å². The van der Waals surface area contributed by atoms with Crippen LogP contribution in [0.15, 0.2) is 41.3 Å². The number of hydrogen-bond donors (Lipinski definition) is 3. The summed E-state index contributed by atoms with van der Waals surface area (Å²) in [7, 11) is 1.59. The molecule has 108 valence electrons. The van der Waals surface area contributed by atoms with E-state index in [1.807, 2.05) is 30.3 Å². The lowest BCUT2D eigenvalue weighted by atomic mass is 10.1. The van der Waals surface area contributed by atoms with E-state index >= 15 is 0 Å². The highest BCUT2D eigenvalue weighted by atomic mass is 16.5. The molecule has 1 aromatic carbocycles. The first kappa shape index (κ1) is 13.2. The van der Waals surface area contributed by atoms with Crippen molar-refractivity contribution in [3.8, 4) is 5.88 Å². The number of rotatable bonds is 4. The Morgan fingerprint density at radius 3 is 2.71 bits per heavy atom. The Labute approximate surface area is 121 Å². The van der Waals surface area contributed by atoms with Crippen molar-refractivity contribution in [2.24, 2.45) is 0 Å². The number of aromatic amines is 2. The molecule has 0 amide bonds. The molecule has 0 fully saturated rings. The minimum Gasteiger partial charge on any atom is -0.481 e. The van der Waals surface area contributed by atoms with Gasteiger partial charge in [0.25, 0.3) is 0 Å². The van der Waals surface area contributed by atoms with Crippen LogP contribution in [0.5, 0.6) is 5.88 Å². The van der Waals surface area contributed by atoms with Crippen molar-refractivity contribution in [3.05, 3.63) is 52.6 Å². The van der Waals surface area contributed by atoms with Crippen LogP contribution >= 0.6 is 0 Å². The summed E-state index contributed by atoms with van der Waals surface area (Å²) in [6, 6.07) is 9.65. The van der Waals surface area contributed by atoms with Crippen molar-refractivity contribution in [1.29, 1.82) is 0 Å². The molecule has 0 saturated carbocycles. The zero-order valence-electron chi connectivity index (χ0n) is 11.8. The number of H-pyrrole nitrogens is 2. The third kappa shape index (κ3) is 2.74. The standard InChI is InChI=1S/C15H16N4O2/c1-9(17-11-4-6-14(21-2)16-8-11)10-3-5-12-13(7-10)19-15(20)18-12/h3-9,17H,1-2H3,(H2,18,19,20). The number of nitrogens with one attached hydrogen (secondary N) is 3. The Balaban J connectivity index is 1.81. The van der Waals surface area contributed by atoms with E-state index in [1.54, 1.807) is 13.3 Å². The van der Waals surface area contributed by atoms with Crippen molar-refractivity contribution >= 4 is 16.7 Å². The van der Waals surface area contributed by atoms with Crippen LogP contribution in [0.4, 0.5) is 5.69 Å². The van der Waals surface area contributed by atoms with Gasteiger partial charge in [-0.05, 0) is 30.7 Å². The molecule has 21 heavy (non-hydrogen) atoms. The van der Waals surface area contributed by atoms with Crippen LogP contribution in [-0.2, 0) is 0 Å². The van der Waals surface area contributed by atoms with E-state index in [4.69, 9.17) is 4.74 Å².